The molecule has 0 bridgehead atoms. The van der Waals surface area contributed by atoms with Crippen molar-refractivity contribution in [3.05, 3.63) is 91.9 Å². The molecule has 1 saturated heterocycles. The number of nitrogens with zero attached hydrogens (tertiary/aromatic N) is 2. The lowest BCUT2D eigenvalue weighted by Gasteiger charge is -2.14. The summed E-state index contributed by atoms with van der Waals surface area (Å²) in [6, 6.07) is 17.5. The van der Waals surface area contributed by atoms with Gasteiger partial charge in [-0.1, -0.05) is 24.3 Å². The largest absolute Gasteiger partial charge is 0.490 e. The number of halogens is 1. The third-order valence-electron chi connectivity index (χ3n) is 5.42. The van der Waals surface area contributed by atoms with Gasteiger partial charge in [-0.3, -0.25) is 14.9 Å². The predicted molar refractivity (Wildman–Crippen MR) is 158 cm³/mol. The number of ether oxygens (including phenoxy) is 3. The highest BCUT2D eigenvalue weighted by Gasteiger charge is 2.18. The number of carbonyl (C=O) groups is 1. The molecule has 4 rings (SSSR count). The normalized spacial score (nSPS) is 13.4. The topological polar surface area (TPSA) is 112 Å². The van der Waals surface area contributed by atoms with Crippen molar-refractivity contribution in [2.45, 2.75) is 18.1 Å². The molecule has 1 aliphatic rings. The molecular formula is C27H26BrN3O6S2. The SMILES string of the molecule is CCOc1cc(/C=N\NC(=O)COc2ccc(C3SCCS3)cc2)c(Br)cc1OCc1cccc([N+](=O)[O-])c1. The predicted octanol–water partition coefficient (Wildman–Crippen LogP) is 6.34. The van der Waals surface area contributed by atoms with Gasteiger partial charge in [0.05, 0.1) is 22.3 Å². The van der Waals surface area contributed by atoms with Gasteiger partial charge in [0.2, 0.25) is 0 Å². The van der Waals surface area contributed by atoms with Crippen molar-refractivity contribution in [1.82, 2.24) is 5.43 Å². The quantitative estimate of drug-likeness (QED) is 0.140. The van der Waals surface area contributed by atoms with Crippen molar-refractivity contribution < 1.29 is 23.9 Å². The number of rotatable bonds is 12. The number of amides is 1. The van der Waals surface area contributed by atoms with Gasteiger partial charge in [0.1, 0.15) is 12.4 Å². The van der Waals surface area contributed by atoms with E-state index in [0.717, 1.165) is 0 Å². The van der Waals surface area contributed by atoms with Crippen LogP contribution in [0.4, 0.5) is 5.69 Å². The zero-order valence-corrected chi connectivity index (χ0v) is 24.2. The lowest BCUT2D eigenvalue weighted by atomic mass is 10.2. The molecule has 0 aliphatic carbocycles. The highest BCUT2D eigenvalue weighted by Crippen LogP contribution is 2.45. The highest BCUT2D eigenvalue weighted by molar-refractivity contribution is 9.10. The molecule has 0 unspecified atom stereocenters. The molecule has 39 heavy (non-hydrogen) atoms. The lowest BCUT2D eigenvalue weighted by molar-refractivity contribution is -0.384. The summed E-state index contributed by atoms with van der Waals surface area (Å²) in [4.78, 5) is 22.8. The summed E-state index contributed by atoms with van der Waals surface area (Å²) in [6.07, 6.45) is 1.49. The van der Waals surface area contributed by atoms with Crippen LogP contribution in [0.25, 0.3) is 0 Å². The second-order valence-corrected chi connectivity index (χ2v) is 11.8. The fourth-order valence-electron chi connectivity index (χ4n) is 3.58. The molecule has 12 heteroatoms. The van der Waals surface area contributed by atoms with Crippen LogP contribution in [0.15, 0.2) is 70.2 Å². The van der Waals surface area contributed by atoms with Gasteiger partial charge in [-0.25, -0.2) is 5.43 Å². The molecule has 0 spiro atoms. The molecule has 1 amide bonds. The second kappa shape index (κ2) is 14.2. The Morgan fingerprint density at radius 2 is 1.85 bits per heavy atom. The molecule has 1 N–H and O–H groups in total. The van der Waals surface area contributed by atoms with E-state index in [1.54, 1.807) is 24.3 Å². The van der Waals surface area contributed by atoms with Gasteiger partial charge in [-0.05, 0) is 58.2 Å². The minimum Gasteiger partial charge on any atom is -0.490 e. The molecule has 0 saturated carbocycles. The van der Waals surface area contributed by atoms with Gasteiger partial charge in [0, 0.05) is 33.7 Å². The Hall–Kier alpha value is -3.22. The first-order valence-corrected chi connectivity index (χ1v) is 14.9. The first-order valence-electron chi connectivity index (χ1n) is 12.0. The fraction of sp³-hybridized carbons (Fsp3) is 0.259. The van der Waals surface area contributed by atoms with Crippen LogP contribution in [0.2, 0.25) is 0 Å². The van der Waals surface area contributed by atoms with Gasteiger partial charge in [0.25, 0.3) is 11.6 Å². The number of hydrogen-bond acceptors (Lipinski definition) is 9. The number of thioether (sulfide) groups is 2. The number of nitrogens with one attached hydrogen (secondary N) is 1. The second-order valence-electron chi connectivity index (χ2n) is 8.19. The van der Waals surface area contributed by atoms with Gasteiger partial charge < -0.3 is 14.2 Å². The van der Waals surface area contributed by atoms with Crippen molar-refractivity contribution in [2.75, 3.05) is 24.7 Å². The zero-order valence-electron chi connectivity index (χ0n) is 21.0. The molecule has 3 aromatic carbocycles. The molecule has 0 aromatic heterocycles. The molecule has 0 atom stereocenters. The van der Waals surface area contributed by atoms with E-state index in [-0.39, 0.29) is 18.9 Å². The number of nitro groups is 1. The molecule has 1 aliphatic heterocycles. The zero-order chi connectivity index (χ0) is 27.6. The Morgan fingerprint density at radius 1 is 1.10 bits per heavy atom. The van der Waals surface area contributed by atoms with E-state index >= 15 is 0 Å². The smallest absolute Gasteiger partial charge is 0.277 e. The molecule has 1 fully saturated rings. The average Bonchev–Trinajstić information content (AvgIpc) is 3.48. The van der Waals surface area contributed by atoms with Crippen LogP contribution in [0.3, 0.4) is 0 Å². The molecule has 1 heterocycles. The van der Waals surface area contributed by atoms with Crippen molar-refractivity contribution in [3.63, 3.8) is 0 Å². The summed E-state index contributed by atoms with van der Waals surface area (Å²) < 4.78 is 18.3. The van der Waals surface area contributed by atoms with Gasteiger partial charge in [-0.15, -0.1) is 23.5 Å². The maximum atomic E-state index is 12.2. The van der Waals surface area contributed by atoms with Crippen LogP contribution in [0, 0.1) is 10.1 Å². The minimum absolute atomic E-state index is 0.00286. The summed E-state index contributed by atoms with van der Waals surface area (Å²) >= 11 is 7.37. The van der Waals surface area contributed by atoms with E-state index in [9.17, 15) is 14.9 Å². The number of non-ortho nitro benzene ring substituents is 1. The number of hydrogen-bond donors (Lipinski definition) is 1. The van der Waals surface area contributed by atoms with Crippen molar-refractivity contribution in [2.24, 2.45) is 5.10 Å². The molecule has 0 radical (unpaired) electrons. The van der Waals surface area contributed by atoms with E-state index in [2.05, 4.69) is 26.5 Å². The maximum absolute atomic E-state index is 12.2. The van der Waals surface area contributed by atoms with Gasteiger partial charge >= 0.3 is 0 Å². The Labute approximate surface area is 243 Å². The summed E-state index contributed by atoms with van der Waals surface area (Å²) in [7, 11) is 0. The summed E-state index contributed by atoms with van der Waals surface area (Å²) in [6.45, 7) is 2.21. The van der Waals surface area contributed by atoms with Crippen LogP contribution in [-0.2, 0) is 11.4 Å². The van der Waals surface area contributed by atoms with E-state index < -0.39 is 10.8 Å². The third-order valence-corrected chi connectivity index (χ3v) is 9.21. The average molecular weight is 633 g/mol. The molecule has 3 aromatic rings. The Bertz CT molecular complexity index is 1330. The number of benzene rings is 3. The van der Waals surface area contributed by atoms with E-state index in [0.29, 0.717) is 44.0 Å². The fourth-order valence-corrected chi connectivity index (χ4v) is 6.86. The van der Waals surface area contributed by atoms with Crippen LogP contribution in [0.5, 0.6) is 17.2 Å². The van der Waals surface area contributed by atoms with Crippen LogP contribution < -0.4 is 19.6 Å². The van der Waals surface area contributed by atoms with Crippen molar-refractivity contribution in [1.29, 1.82) is 0 Å². The number of nitro benzene ring substituents is 1. The first-order chi connectivity index (χ1) is 18.9. The Balaban J connectivity index is 1.32. The van der Waals surface area contributed by atoms with Crippen LogP contribution >= 0.6 is 39.5 Å². The third kappa shape index (κ3) is 8.38. The van der Waals surface area contributed by atoms with Crippen LogP contribution in [-0.4, -0.2) is 41.8 Å². The Morgan fingerprint density at radius 3 is 2.56 bits per heavy atom. The van der Waals surface area contributed by atoms with Crippen molar-refractivity contribution in [3.8, 4) is 17.2 Å². The van der Waals surface area contributed by atoms with Gasteiger partial charge in [-0.2, -0.15) is 5.10 Å². The molecule has 9 nitrogen and oxygen atoms in total. The van der Waals surface area contributed by atoms with Gasteiger partial charge in [0.15, 0.2) is 18.1 Å². The number of carbonyl (C=O) groups excluding carboxylic acids is 1. The van der Waals surface area contributed by atoms with Crippen LogP contribution in [0.1, 0.15) is 28.2 Å². The standard InChI is InChI=1S/C27H26BrN3O6S2/c1-2-35-24-13-20(23(28)14-25(24)37-16-18-4-3-5-21(12-18)31(33)34)15-29-30-26(32)17-36-22-8-6-19(7-9-22)27-38-10-11-39-27/h3-9,12-15,27H,2,10-11,16-17H2,1H3,(H,30,32)/b29-15-. The Kier molecular flexibility index (Phi) is 10.5. The molecular weight excluding hydrogens is 606 g/mol. The maximum Gasteiger partial charge on any atom is 0.277 e. The van der Waals surface area contributed by atoms with E-state index in [4.69, 9.17) is 14.2 Å². The molecule has 204 valence electrons. The highest BCUT2D eigenvalue weighted by atomic mass is 79.9. The lowest BCUT2D eigenvalue weighted by Crippen LogP contribution is -2.24. The van der Waals surface area contributed by atoms with E-state index in [1.807, 2.05) is 54.7 Å². The van der Waals surface area contributed by atoms with E-state index in [1.165, 1.54) is 35.4 Å². The monoisotopic (exact) mass is 631 g/mol. The number of hydrazone groups is 1. The van der Waals surface area contributed by atoms with Crippen molar-refractivity contribution >= 4 is 57.3 Å². The minimum atomic E-state index is -0.447. The summed E-state index contributed by atoms with van der Waals surface area (Å²) in [5.74, 6) is 3.49. The first kappa shape index (κ1) is 28.8. The summed E-state index contributed by atoms with van der Waals surface area (Å²) in [5, 5.41) is 15.1. The summed E-state index contributed by atoms with van der Waals surface area (Å²) in [5.41, 5.74) is 5.02.